The molecule has 1 heterocycles. The molecule has 6 heteroatoms. The van der Waals surface area contributed by atoms with Gasteiger partial charge >= 0.3 is 0 Å². The Labute approximate surface area is 155 Å². The molecule has 1 N–H and O–H groups in total. The average Bonchev–Trinajstić information content (AvgIpc) is 3.11. The van der Waals surface area contributed by atoms with Gasteiger partial charge in [0.2, 0.25) is 5.91 Å². The van der Waals surface area contributed by atoms with E-state index in [1.165, 1.54) is 51.4 Å². The molecule has 0 radical (unpaired) electrons. The van der Waals surface area contributed by atoms with E-state index in [-0.39, 0.29) is 11.3 Å². The number of aromatic nitrogens is 4. The summed E-state index contributed by atoms with van der Waals surface area (Å²) in [6.45, 7) is 0.773. The third-order valence-electron chi connectivity index (χ3n) is 7.89. The molecule has 0 aliphatic heterocycles. The highest BCUT2D eigenvalue weighted by Gasteiger charge is 2.49. The van der Waals surface area contributed by atoms with Gasteiger partial charge in [-0.2, -0.15) is 0 Å². The molecule has 142 valence electrons. The van der Waals surface area contributed by atoms with Gasteiger partial charge in [0.1, 0.15) is 6.33 Å². The van der Waals surface area contributed by atoms with Crippen molar-refractivity contribution in [2.45, 2.75) is 83.2 Å². The second-order valence-electron chi connectivity index (χ2n) is 9.77. The summed E-state index contributed by atoms with van der Waals surface area (Å²) in [5, 5.41) is 15.1. The second-order valence-corrected chi connectivity index (χ2v) is 9.77. The van der Waals surface area contributed by atoms with Crippen molar-refractivity contribution in [3.8, 4) is 0 Å². The normalized spacial score (nSPS) is 37.6. The Bertz CT molecular complexity index is 609. The van der Waals surface area contributed by atoms with E-state index in [4.69, 9.17) is 0 Å². The summed E-state index contributed by atoms with van der Waals surface area (Å²) in [6.07, 6.45) is 15.1. The predicted octanol–water partition coefficient (Wildman–Crippen LogP) is 2.95. The maximum Gasteiger partial charge on any atom is 0.220 e. The Balaban J connectivity index is 1.26. The van der Waals surface area contributed by atoms with Crippen molar-refractivity contribution < 1.29 is 4.79 Å². The summed E-state index contributed by atoms with van der Waals surface area (Å²) in [5.74, 6) is 3.68. The van der Waals surface area contributed by atoms with Gasteiger partial charge in [0.25, 0.3) is 0 Å². The van der Waals surface area contributed by atoms with Gasteiger partial charge in [-0.3, -0.25) is 4.79 Å². The molecule has 5 fully saturated rings. The Morgan fingerprint density at radius 3 is 2.35 bits per heavy atom. The van der Waals surface area contributed by atoms with Crippen LogP contribution < -0.4 is 5.32 Å². The molecule has 5 aliphatic carbocycles. The van der Waals surface area contributed by atoms with E-state index >= 15 is 0 Å². The van der Waals surface area contributed by atoms with Gasteiger partial charge in [-0.25, -0.2) is 4.68 Å². The lowest BCUT2D eigenvalue weighted by Gasteiger charge is -2.54. The van der Waals surface area contributed by atoms with Crippen LogP contribution in [0.5, 0.6) is 0 Å². The van der Waals surface area contributed by atoms with Crippen LogP contribution in [0.1, 0.15) is 70.6 Å². The summed E-state index contributed by atoms with van der Waals surface area (Å²) >= 11 is 0. The quantitative estimate of drug-likeness (QED) is 0.879. The number of tetrazole rings is 1. The number of carbonyl (C=O) groups excluding carboxylic acids is 1. The van der Waals surface area contributed by atoms with Crippen LogP contribution >= 0.6 is 0 Å². The fourth-order valence-electron chi connectivity index (χ4n) is 7.03. The second kappa shape index (κ2) is 6.61. The van der Waals surface area contributed by atoms with Crippen LogP contribution in [0.2, 0.25) is 0 Å². The third kappa shape index (κ3) is 3.16. The van der Waals surface area contributed by atoms with Crippen molar-refractivity contribution >= 4 is 5.91 Å². The van der Waals surface area contributed by atoms with Crippen LogP contribution in [0.3, 0.4) is 0 Å². The lowest BCUT2D eigenvalue weighted by atomic mass is 9.54. The maximum absolute atomic E-state index is 13.1. The molecule has 26 heavy (non-hydrogen) atoms. The van der Waals surface area contributed by atoms with E-state index < -0.39 is 0 Å². The summed E-state index contributed by atoms with van der Waals surface area (Å²) in [7, 11) is 0. The van der Waals surface area contributed by atoms with Gasteiger partial charge in [0, 0.05) is 12.5 Å². The molecule has 4 bridgehead atoms. The lowest BCUT2D eigenvalue weighted by Crippen LogP contribution is -2.56. The number of amides is 1. The molecule has 1 aromatic rings. The first kappa shape index (κ1) is 16.7. The maximum atomic E-state index is 13.1. The van der Waals surface area contributed by atoms with E-state index in [0.29, 0.717) is 12.5 Å². The van der Waals surface area contributed by atoms with Crippen LogP contribution in [-0.2, 0) is 11.3 Å². The first-order valence-corrected chi connectivity index (χ1v) is 10.7. The summed E-state index contributed by atoms with van der Waals surface area (Å²) < 4.78 is 1.82. The van der Waals surface area contributed by atoms with Gasteiger partial charge in [0.15, 0.2) is 0 Å². The highest BCUT2D eigenvalue weighted by Crippen LogP contribution is 2.53. The number of nitrogens with zero attached hydrogens (tertiary/aromatic N) is 4. The average molecular weight is 358 g/mol. The predicted molar refractivity (Wildman–Crippen MR) is 96.9 cm³/mol. The van der Waals surface area contributed by atoms with Crippen LogP contribution in [-0.4, -0.2) is 32.2 Å². The highest BCUT2D eigenvalue weighted by atomic mass is 16.1. The topological polar surface area (TPSA) is 72.7 Å². The zero-order valence-corrected chi connectivity index (χ0v) is 15.6. The summed E-state index contributed by atoms with van der Waals surface area (Å²) in [6, 6.07) is 0.448. The molecule has 0 aromatic carbocycles. The van der Waals surface area contributed by atoms with E-state index in [1.807, 2.05) is 4.68 Å². The molecule has 1 aromatic heterocycles. The molecule has 1 amide bonds. The Hall–Kier alpha value is -1.46. The molecule has 5 aliphatic rings. The molecule has 0 spiro atoms. The van der Waals surface area contributed by atoms with Crippen LogP contribution in [0.25, 0.3) is 0 Å². The first-order chi connectivity index (χ1) is 12.7. The molecule has 0 unspecified atom stereocenters. The van der Waals surface area contributed by atoms with Gasteiger partial charge in [-0.05, 0) is 84.5 Å². The zero-order valence-electron chi connectivity index (χ0n) is 15.6. The first-order valence-electron chi connectivity index (χ1n) is 10.7. The monoisotopic (exact) mass is 357 g/mol. The minimum absolute atomic E-state index is 0.0314. The van der Waals surface area contributed by atoms with Crippen LogP contribution in [0.15, 0.2) is 6.33 Å². The minimum atomic E-state index is 0.0314. The number of rotatable bonds is 5. The number of carbonyl (C=O) groups is 1. The van der Waals surface area contributed by atoms with Crippen LogP contribution in [0, 0.1) is 29.1 Å². The standard InChI is InChI=1S/C20H31N5O/c26-18(22-19-16-7-14-6-15(9-16)10-17(19)8-14)11-20(4-2-1-3-5-20)12-25-13-21-23-24-25/h13-17,19H,1-12H2,(H,22,26). The Kier molecular flexibility index (Phi) is 4.24. The number of hydrogen-bond donors (Lipinski definition) is 1. The molecule has 6 rings (SSSR count). The largest absolute Gasteiger partial charge is 0.353 e. The van der Waals surface area contributed by atoms with Crippen molar-refractivity contribution in [3.05, 3.63) is 6.33 Å². The zero-order chi connectivity index (χ0) is 17.6. The summed E-state index contributed by atoms with van der Waals surface area (Å²) in [4.78, 5) is 13.1. The summed E-state index contributed by atoms with van der Waals surface area (Å²) in [5.41, 5.74) is 0.0314. The van der Waals surface area contributed by atoms with Crippen LogP contribution in [0.4, 0.5) is 0 Å². The number of nitrogens with one attached hydrogen (secondary N) is 1. The van der Waals surface area contributed by atoms with Crippen molar-refractivity contribution in [2.24, 2.45) is 29.1 Å². The molecule has 0 saturated heterocycles. The molecule has 5 saturated carbocycles. The Morgan fingerprint density at radius 2 is 1.73 bits per heavy atom. The minimum Gasteiger partial charge on any atom is -0.353 e. The smallest absolute Gasteiger partial charge is 0.220 e. The van der Waals surface area contributed by atoms with Gasteiger partial charge in [-0.15, -0.1) is 5.10 Å². The Morgan fingerprint density at radius 1 is 1.04 bits per heavy atom. The molecular formula is C20H31N5O. The van der Waals surface area contributed by atoms with Crippen molar-refractivity contribution in [1.29, 1.82) is 0 Å². The van der Waals surface area contributed by atoms with Crippen molar-refractivity contribution in [1.82, 2.24) is 25.5 Å². The van der Waals surface area contributed by atoms with E-state index in [9.17, 15) is 4.79 Å². The lowest BCUT2D eigenvalue weighted by molar-refractivity contribution is -0.128. The van der Waals surface area contributed by atoms with E-state index in [2.05, 4.69) is 20.8 Å². The number of hydrogen-bond acceptors (Lipinski definition) is 4. The fraction of sp³-hybridized carbons (Fsp3) is 0.900. The third-order valence-corrected chi connectivity index (χ3v) is 7.89. The van der Waals surface area contributed by atoms with Crippen molar-refractivity contribution in [3.63, 3.8) is 0 Å². The van der Waals surface area contributed by atoms with Gasteiger partial charge < -0.3 is 5.32 Å². The molecule has 0 atom stereocenters. The van der Waals surface area contributed by atoms with Crippen molar-refractivity contribution in [2.75, 3.05) is 0 Å². The van der Waals surface area contributed by atoms with Gasteiger partial charge in [0.05, 0.1) is 6.54 Å². The van der Waals surface area contributed by atoms with E-state index in [0.717, 1.165) is 43.1 Å². The highest BCUT2D eigenvalue weighted by molar-refractivity contribution is 5.77. The fourth-order valence-corrected chi connectivity index (χ4v) is 7.03. The van der Waals surface area contributed by atoms with Gasteiger partial charge in [-0.1, -0.05) is 19.3 Å². The SMILES string of the molecule is O=C(CC1(Cn2cnnn2)CCCCC1)NC1C2CC3CC(C2)CC1C3. The molecule has 6 nitrogen and oxygen atoms in total. The molecular weight excluding hydrogens is 326 g/mol. The van der Waals surface area contributed by atoms with E-state index in [1.54, 1.807) is 6.33 Å².